The zero-order valence-corrected chi connectivity index (χ0v) is 16.9. The van der Waals surface area contributed by atoms with Crippen LogP contribution in [0.1, 0.15) is 28.3 Å². The smallest absolute Gasteiger partial charge is 0.275 e. The first kappa shape index (κ1) is 18.1. The number of halogens is 1. The standard InChI is InChI=1S/C18H21BrN6O2/c1-12-15(19)3-4-17-20-14(9-25(12)17)8-24-10-16(21-22-24)18(26)23(2)7-13-5-6-27-11-13/h3-4,9-10,13H,5-8,11H2,1-2H3. The molecule has 1 atom stereocenters. The van der Waals surface area contributed by atoms with E-state index in [4.69, 9.17) is 4.74 Å². The van der Waals surface area contributed by atoms with E-state index in [1.807, 2.05) is 29.7 Å². The Morgan fingerprint density at radius 2 is 2.26 bits per heavy atom. The van der Waals surface area contributed by atoms with Crippen molar-refractivity contribution in [3.63, 3.8) is 0 Å². The summed E-state index contributed by atoms with van der Waals surface area (Å²) in [6.45, 7) is 4.65. The van der Waals surface area contributed by atoms with Crippen molar-refractivity contribution in [3.05, 3.63) is 46.1 Å². The maximum atomic E-state index is 12.6. The lowest BCUT2D eigenvalue weighted by Crippen LogP contribution is -2.32. The maximum absolute atomic E-state index is 12.6. The molecule has 3 aromatic rings. The van der Waals surface area contributed by atoms with Crippen LogP contribution in [0, 0.1) is 12.8 Å². The lowest BCUT2D eigenvalue weighted by molar-refractivity contribution is 0.0760. The molecule has 1 aliphatic rings. The quantitative estimate of drug-likeness (QED) is 0.617. The highest BCUT2D eigenvalue weighted by atomic mass is 79.9. The number of imidazole rings is 1. The Kier molecular flexibility index (Phi) is 4.96. The summed E-state index contributed by atoms with van der Waals surface area (Å²) in [5.41, 5.74) is 3.16. The number of pyridine rings is 1. The average molecular weight is 433 g/mol. The number of ether oxygens (including phenoxy) is 1. The van der Waals surface area contributed by atoms with Gasteiger partial charge < -0.3 is 14.0 Å². The molecule has 142 valence electrons. The third-order valence-electron chi connectivity index (χ3n) is 4.85. The maximum Gasteiger partial charge on any atom is 0.275 e. The third-order valence-corrected chi connectivity index (χ3v) is 5.69. The molecule has 0 aliphatic carbocycles. The first-order valence-corrected chi connectivity index (χ1v) is 9.67. The monoisotopic (exact) mass is 432 g/mol. The second kappa shape index (κ2) is 7.40. The first-order chi connectivity index (χ1) is 13.0. The minimum atomic E-state index is -0.122. The summed E-state index contributed by atoms with van der Waals surface area (Å²) in [6.07, 6.45) is 4.65. The topological polar surface area (TPSA) is 77.5 Å². The van der Waals surface area contributed by atoms with Crippen LogP contribution in [0.4, 0.5) is 0 Å². The molecule has 27 heavy (non-hydrogen) atoms. The molecule has 4 rings (SSSR count). The van der Waals surface area contributed by atoms with E-state index in [1.54, 1.807) is 22.8 Å². The van der Waals surface area contributed by atoms with Crippen molar-refractivity contribution in [3.8, 4) is 0 Å². The van der Waals surface area contributed by atoms with Gasteiger partial charge in [0.05, 0.1) is 25.0 Å². The van der Waals surface area contributed by atoms with E-state index in [0.717, 1.165) is 34.5 Å². The molecule has 4 heterocycles. The molecule has 0 saturated carbocycles. The van der Waals surface area contributed by atoms with Gasteiger partial charge in [0.15, 0.2) is 5.69 Å². The number of rotatable bonds is 5. The van der Waals surface area contributed by atoms with E-state index < -0.39 is 0 Å². The molecule has 0 bridgehead atoms. The molecule has 9 heteroatoms. The number of fused-ring (bicyclic) bond motifs is 1. The Morgan fingerprint density at radius 3 is 3.04 bits per heavy atom. The van der Waals surface area contributed by atoms with Crippen molar-refractivity contribution in [1.82, 2.24) is 29.3 Å². The second-order valence-electron chi connectivity index (χ2n) is 6.94. The largest absolute Gasteiger partial charge is 0.381 e. The average Bonchev–Trinajstić information content (AvgIpc) is 3.39. The molecule has 1 unspecified atom stereocenters. The Balaban J connectivity index is 1.46. The SMILES string of the molecule is Cc1c(Br)ccc2nc(Cn3cc(C(=O)N(C)CC4CCOC4)nn3)cn12. The van der Waals surface area contributed by atoms with E-state index in [2.05, 4.69) is 31.2 Å². The minimum absolute atomic E-state index is 0.122. The number of hydrogen-bond acceptors (Lipinski definition) is 5. The lowest BCUT2D eigenvalue weighted by atomic mass is 10.1. The fourth-order valence-electron chi connectivity index (χ4n) is 3.32. The summed E-state index contributed by atoms with van der Waals surface area (Å²) in [7, 11) is 1.79. The molecule has 0 N–H and O–H groups in total. The highest BCUT2D eigenvalue weighted by molar-refractivity contribution is 9.10. The minimum Gasteiger partial charge on any atom is -0.381 e. The molecule has 0 radical (unpaired) electrons. The van der Waals surface area contributed by atoms with Gasteiger partial charge in [0, 0.05) is 42.5 Å². The van der Waals surface area contributed by atoms with Gasteiger partial charge in [-0.3, -0.25) is 4.79 Å². The normalized spacial score (nSPS) is 16.9. The first-order valence-electron chi connectivity index (χ1n) is 8.87. The van der Waals surface area contributed by atoms with Gasteiger partial charge in [-0.25, -0.2) is 9.67 Å². The van der Waals surface area contributed by atoms with Crippen molar-refractivity contribution in [2.24, 2.45) is 5.92 Å². The number of nitrogens with zero attached hydrogens (tertiary/aromatic N) is 6. The van der Waals surface area contributed by atoms with Crippen LogP contribution < -0.4 is 0 Å². The predicted molar refractivity (Wildman–Crippen MR) is 103 cm³/mol. The van der Waals surface area contributed by atoms with Crippen LogP contribution in [0.5, 0.6) is 0 Å². The fraction of sp³-hybridized carbons (Fsp3) is 0.444. The van der Waals surface area contributed by atoms with Gasteiger partial charge in [-0.05, 0) is 41.4 Å². The van der Waals surface area contributed by atoms with Gasteiger partial charge >= 0.3 is 0 Å². The Labute approximate surface area is 165 Å². The van der Waals surface area contributed by atoms with Gasteiger partial charge in [0.2, 0.25) is 0 Å². The van der Waals surface area contributed by atoms with Gasteiger partial charge in [-0.1, -0.05) is 5.21 Å². The van der Waals surface area contributed by atoms with E-state index in [0.29, 0.717) is 31.3 Å². The van der Waals surface area contributed by atoms with Crippen molar-refractivity contribution in [2.45, 2.75) is 19.9 Å². The van der Waals surface area contributed by atoms with Crippen molar-refractivity contribution in [2.75, 3.05) is 26.8 Å². The molecule has 1 fully saturated rings. The zero-order chi connectivity index (χ0) is 19.0. The third kappa shape index (κ3) is 3.74. The number of carbonyl (C=O) groups excluding carboxylic acids is 1. The van der Waals surface area contributed by atoms with E-state index >= 15 is 0 Å². The molecule has 1 aliphatic heterocycles. The van der Waals surface area contributed by atoms with Gasteiger partial charge in [-0.2, -0.15) is 0 Å². The number of aromatic nitrogens is 5. The summed E-state index contributed by atoms with van der Waals surface area (Å²) in [5, 5.41) is 8.13. The van der Waals surface area contributed by atoms with Gasteiger partial charge in [0.25, 0.3) is 5.91 Å². The molecule has 8 nitrogen and oxygen atoms in total. The molecule has 1 amide bonds. The Bertz CT molecular complexity index is 976. The van der Waals surface area contributed by atoms with E-state index in [-0.39, 0.29) is 5.91 Å². The zero-order valence-electron chi connectivity index (χ0n) is 15.3. The van der Waals surface area contributed by atoms with Crippen LogP contribution in [0.2, 0.25) is 0 Å². The van der Waals surface area contributed by atoms with Crippen molar-refractivity contribution >= 4 is 27.5 Å². The van der Waals surface area contributed by atoms with Crippen LogP contribution in [0.3, 0.4) is 0 Å². The van der Waals surface area contributed by atoms with Crippen LogP contribution in [-0.2, 0) is 11.3 Å². The summed E-state index contributed by atoms with van der Waals surface area (Å²) in [4.78, 5) is 18.9. The summed E-state index contributed by atoms with van der Waals surface area (Å²) >= 11 is 3.53. The second-order valence-corrected chi connectivity index (χ2v) is 7.80. The van der Waals surface area contributed by atoms with Gasteiger partial charge in [0.1, 0.15) is 5.65 Å². The van der Waals surface area contributed by atoms with Crippen LogP contribution >= 0.6 is 15.9 Å². The highest BCUT2D eigenvalue weighted by Crippen LogP contribution is 2.19. The Hall–Kier alpha value is -2.26. The summed E-state index contributed by atoms with van der Waals surface area (Å²) in [6, 6.07) is 3.94. The van der Waals surface area contributed by atoms with Crippen LogP contribution in [-0.4, -0.2) is 62.0 Å². The predicted octanol–water partition coefficient (Wildman–Crippen LogP) is 2.15. The fourth-order valence-corrected chi connectivity index (χ4v) is 3.65. The number of aryl methyl sites for hydroxylation is 1. The summed E-state index contributed by atoms with van der Waals surface area (Å²) < 4.78 is 10.1. The van der Waals surface area contributed by atoms with Gasteiger partial charge in [-0.15, -0.1) is 5.10 Å². The van der Waals surface area contributed by atoms with Crippen LogP contribution in [0.25, 0.3) is 5.65 Å². The highest BCUT2D eigenvalue weighted by Gasteiger charge is 2.22. The molecular formula is C18H21BrN6O2. The molecule has 0 aromatic carbocycles. The molecular weight excluding hydrogens is 412 g/mol. The molecule has 0 spiro atoms. The number of hydrogen-bond donors (Lipinski definition) is 0. The van der Waals surface area contributed by atoms with Crippen molar-refractivity contribution in [1.29, 1.82) is 0 Å². The number of carbonyl (C=O) groups is 1. The van der Waals surface area contributed by atoms with Crippen LogP contribution in [0.15, 0.2) is 29.0 Å². The molecule has 3 aromatic heterocycles. The lowest BCUT2D eigenvalue weighted by Gasteiger charge is -2.18. The Morgan fingerprint density at radius 1 is 1.41 bits per heavy atom. The van der Waals surface area contributed by atoms with E-state index in [1.165, 1.54) is 0 Å². The number of amides is 1. The summed E-state index contributed by atoms with van der Waals surface area (Å²) in [5.74, 6) is 0.275. The molecule has 1 saturated heterocycles. The van der Waals surface area contributed by atoms with Crippen molar-refractivity contribution < 1.29 is 9.53 Å². The van der Waals surface area contributed by atoms with E-state index in [9.17, 15) is 4.79 Å².